The molecule has 0 unspecified atom stereocenters. The van der Waals surface area contributed by atoms with Gasteiger partial charge < -0.3 is 15.0 Å². The average Bonchev–Trinajstić information content (AvgIpc) is 2.61. The van der Waals surface area contributed by atoms with E-state index in [2.05, 4.69) is 22.9 Å². The molecule has 3 heteroatoms. The third-order valence-corrected chi connectivity index (χ3v) is 2.35. The smallest absolute Gasteiger partial charge is 0.120 e. The van der Waals surface area contributed by atoms with E-state index < -0.39 is 0 Å². The van der Waals surface area contributed by atoms with Gasteiger partial charge in [0.15, 0.2) is 0 Å². The molecular weight excluding hydrogens is 176 g/mol. The van der Waals surface area contributed by atoms with Gasteiger partial charge in [-0.1, -0.05) is 0 Å². The van der Waals surface area contributed by atoms with Crippen LogP contribution in [0.1, 0.15) is 0 Å². The van der Waals surface area contributed by atoms with E-state index >= 15 is 0 Å². The normalized spacial score (nSPS) is 10.7. The summed E-state index contributed by atoms with van der Waals surface area (Å²) in [4.78, 5) is 0. The summed E-state index contributed by atoms with van der Waals surface area (Å²) in [5.74, 6) is 0.884. The first-order valence-electron chi connectivity index (χ1n) is 4.68. The Kier molecular flexibility index (Phi) is 2.41. The molecule has 0 aliphatic carbocycles. The number of nitrogens with two attached hydrogens (primary N) is 1. The van der Waals surface area contributed by atoms with Crippen molar-refractivity contribution in [2.45, 2.75) is 6.54 Å². The van der Waals surface area contributed by atoms with Crippen molar-refractivity contribution in [1.29, 1.82) is 0 Å². The lowest BCUT2D eigenvalue weighted by Gasteiger charge is -2.04. The minimum Gasteiger partial charge on any atom is -0.497 e. The molecular formula is C11H14N2O. The lowest BCUT2D eigenvalue weighted by Crippen LogP contribution is -2.08. The monoisotopic (exact) mass is 190 g/mol. The van der Waals surface area contributed by atoms with Crippen molar-refractivity contribution >= 4 is 10.9 Å². The zero-order valence-corrected chi connectivity index (χ0v) is 8.23. The number of hydrogen-bond donors (Lipinski definition) is 1. The topological polar surface area (TPSA) is 40.2 Å². The van der Waals surface area contributed by atoms with Gasteiger partial charge in [-0.15, -0.1) is 0 Å². The number of hydrogen-bond acceptors (Lipinski definition) is 2. The first-order valence-corrected chi connectivity index (χ1v) is 4.68. The Balaban J connectivity index is 2.52. The highest BCUT2D eigenvalue weighted by Gasteiger charge is 2.01. The fraction of sp³-hybridized carbons (Fsp3) is 0.273. The van der Waals surface area contributed by atoms with E-state index in [1.807, 2.05) is 12.1 Å². The Bertz CT molecular complexity index is 434. The van der Waals surface area contributed by atoms with Crippen LogP contribution in [0.3, 0.4) is 0 Å². The first kappa shape index (κ1) is 9.09. The molecule has 1 aromatic heterocycles. The Morgan fingerprint density at radius 2 is 2.21 bits per heavy atom. The summed E-state index contributed by atoms with van der Waals surface area (Å²) in [6.45, 7) is 1.50. The van der Waals surface area contributed by atoms with Gasteiger partial charge in [-0.25, -0.2) is 0 Å². The molecule has 2 rings (SSSR count). The molecule has 0 radical (unpaired) electrons. The molecule has 0 spiro atoms. The minimum absolute atomic E-state index is 0.654. The quantitative estimate of drug-likeness (QED) is 0.798. The summed E-state index contributed by atoms with van der Waals surface area (Å²) < 4.78 is 7.32. The predicted octanol–water partition coefficient (Wildman–Crippen LogP) is 1.61. The maximum atomic E-state index is 5.53. The molecule has 2 aromatic rings. The molecule has 0 amide bonds. The summed E-state index contributed by atoms with van der Waals surface area (Å²) in [6.07, 6.45) is 2.05. The largest absolute Gasteiger partial charge is 0.497 e. The summed E-state index contributed by atoms with van der Waals surface area (Å²) in [6, 6.07) is 8.14. The SMILES string of the molecule is COc1ccc2ccn(CCN)c2c1. The second kappa shape index (κ2) is 3.72. The Morgan fingerprint density at radius 1 is 1.36 bits per heavy atom. The number of methoxy groups -OCH3 is 1. The Labute approximate surface area is 83.1 Å². The van der Waals surface area contributed by atoms with Gasteiger partial charge in [0.1, 0.15) is 5.75 Å². The number of nitrogens with zero attached hydrogens (tertiary/aromatic N) is 1. The van der Waals surface area contributed by atoms with E-state index in [9.17, 15) is 0 Å². The van der Waals surface area contributed by atoms with Gasteiger partial charge in [0.05, 0.1) is 12.6 Å². The summed E-state index contributed by atoms with van der Waals surface area (Å²) >= 11 is 0. The van der Waals surface area contributed by atoms with Gasteiger partial charge in [-0.2, -0.15) is 0 Å². The Morgan fingerprint density at radius 3 is 2.93 bits per heavy atom. The van der Waals surface area contributed by atoms with Crippen LogP contribution in [-0.2, 0) is 6.54 Å². The minimum atomic E-state index is 0.654. The summed E-state index contributed by atoms with van der Waals surface area (Å²) in [5.41, 5.74) is 6.70. The first-order chi connectivity index (χ1) is 6.85. The highest BCUT2D eigenvalue weighted by molar-refractivity contribution is 5.81. The van der Waals surface area contributed by atoms with Crippen LogP contribution in [0.2, 0.25) is 0 Å². The highest BCUT2D eigenvalue weighted by atomic mass is 16.5. The molecule has 1 heterocycles. The molecule has 0 aliphatic heterocycles. The van der Waals surface area contributed by atoms with E-state index in [0.29, 0.717) is 6.54 Å². The van der Waals surface area contributed by atoms with Crippen LogP contribution in [0.5, 0.6) is 5.75 Å². The highest BCUT2D eigenvalue weighted by Crippen LogP contribution is 2.21. The van der Waals surface area contributed by atoms with Crippen LogP contribution >= 0.6 is 0 Å². The van der Waals surface area contributed by atoms with Crippen molar-refractivity contribution in [3.05, 3.63) is 30.5 Å². The lowest BCUT2D eigenvalue weighted by molar-refractivity contribution is 0.415. The molecule has 0 aliphatic rings. The molecule has 74 valence electrons. The van der Waals surface area contributed by atoms with Crippen LogP contribution in [0.25, 0.3) is 10.9 Å². The third-order valence-electron chi connectivity index (χ3n) is 2.35. The van der Waals surface area contributed by atoms with Crippen molar-refractivity contribution in [3.63, 3.8) is 0 Å². The summed E-state index contributed by atoms with van der Waals surface area (Å²) in [7, 11) is 1.68. The molecule has 1 aromatic carbocycles. The number of fused-ring (bicyclic) bond motifs is 1. The molecule has 3 nitrogen and oxygen atoms in total. The van der Waals surface area contributed by atoms with E-state index in [0.717, 1.165) is 12.3 Å². The van der Waals surface area contributed by atoms with Crippen LogP contribution in [0, 0.1) is 0 Å². The van der Waals surface area contributed by atoms with Crippen molar-refractivity contribution < 1.29 is 4.74 Å². The second-order valence-corrected chi connectivity index (χ2v) is 3.22. The third kappa shape index (κ3) is 1.46. The fourth-order valence-electron chi connectivity index (χ4n) is 1.62. The number of ether oxygens (including phenoxy) is 1. The van der Waals surface area contributed by atoms with Crippen molar-refractivity contribution in [1.82, 2.24) is 4.57 Å². The number of rotatable bonds is 3. The van der Waals surface area contributed by atoms with Gasteiger partial charge in [0.2, 0.25) is 0 Å². The average molecular weight is 190 g/mol. The zero-order valence-electron chi connectivity index (χ0n) is 8.23. The maximum Gasteiger partial charge on any atom is 0.120 e. The van der Waals surface area contributed by atoms with Crippen LogP contribution in [0.15, 0.2) is 30.5 Å². The standard InChI is InChI=1S/C11H14N2O/c1-14-10-3-2-9-4-6-13(7-5-12)11(9)8-10/h2-4,6,8H,5,7,12H2,1H3. The van der Waals surface area contributed by atoms with Crippen molar-refractivity contribution in [2.75, 3.05) is 13.7 Å². The van der Waals surface area contributed by atoms with Crippen LogP contribution in [0.4, 0.5) is 0 Å². The zero-order chi connectivity index (χ0) is 9.97. The molecule has 0 atom stereocenters. The van der Waals surface area contributed by atoms with E-state index in [4.69, 9.17) is 10.5 Å². The van der Waals surface area contributed by atoms with Gasteiger partial charge in [0, 0.05) is 25.4 Å². The molecule has 14 heavy (non-hydrogen) atoms. The Hall–Kier alpha value is -1.48. The summed E-state index contributed by atoms with van der Waals surface area (Å²) in [5, 5.41) is 1.22. The van der Waals surface area contributed by atoms with E-state index in [-0.39, 0.29) is 0 Å². The lowest BCUT2D eigenvalue weighted by atomic mass is 10.2. The van der Waals surface area contributed by atoms with Crippen molar-refractivity contribution in [3.8, 4) is 5.75 Å². The number of aromatic nitrogens is 1. The van der Waals surface area contributed by atoms with Gasteiger partial charge in [0.25, 0.3) is 0 Å². The van der Waals surface area contributed by atoms with Crippen molar-refractivity contribution in [2.24, 2.45) is 5.73 Å². The molecule has 0 saturated heterocycles. The maximum absolute atomic E-state index is 5.53. The van der Waals surface area contributed by atoms with Crippen LogP contribution in [-0.4, -0.2) is 18.2 Å². The molecule has 0 saturated carbocycles. The fourth-order valence-corrected chi connectivity index (χ4v) is 1.62. The van der Waals surface area contributed by atoms with Crippen LogP contribution < -0.4 is 10.5 Å². The second-order valence-electron chi connectivity index (χ2n) is 3.22. The van der Waals surface area contributed by atoms with Gasteiger partial charge >= 0.3 is 0 Å². The predicted molar refractivity (Wildman–Crippen MR) is 57.5 cm³/mol. The molecule has 2 N–H and O–H groups in total. The van der Waals surface area contributed by atoms with Gasteiger partial charge in [-0.05, 0) is 23.6 Å². The number of benzene rings is 1. The molecule has 0 bridgehead atoms. The van der Waals surface area contributed by atoms with E-state index in [1.54, 1.807) is 7.11 Å². The van der Waals surface area contributed by atoms with E-state index in [1.165, 1.54) is 10.9 Å². The van der Waals surface area contributed by atoms with Gasteiger partial charge in [-0.3, -0.25) is 0 Å². The molecule has 0 fully saturated rings.